The van der Waals surface area contributed by atoms with E-state index in [9.17, 15) is 19.7 Å². The van der Waals surface area contributed by atoms with Crippen LogP contribution in [0.2, 0.25) is 0 Å². The molecule has 0 aliphatic carbocycles. The number of nitro groups is 1. The number of nitrogens with zero attached hydrogens (tertiary/aromatic N) is 2. The van der Waals surface area contributed by atoms with E-state index >= 15 is 0 Å². The van der Waals surface area contributed by atoms with Crippen molar-refractivity contribution in [3.63, 3.8) is 0 Å². The van der Waals surface area contributed by atoms with Crippen LogP contribution in [0.4, 0.5) is 11.4 Å². The molecular weight excluding hydrogens is 420 g/mol. The topological polar surface area (TPSA) is 114 Å². The van der Waals surface area contributed by atoms with Crippen LogP contribution in [-0.2, 0) is 16.0 Å². The van der Waals surface area contributed by atoms with Gasteiger partial charge in [-0.15, -0.1) is 0 Å². The molecule has 0 heterocycles. The van der Waals surface area contributed by atoms with Gasteiger partial charge in [0.25, 0.3) is 5.69 Å². The van der Waals surface area contributed by atoms with Crippen molar-refractivity contribution in [2.24, 2.45) is 5.10 Å². The number of nitro benzene ring substituents is 1. The molecule has 0 aromatic heterocycles. The van der Waals surface area contributed by atoms with E-state index in [1.54, 1.807) is 19.9 Å². The van der Waals surface area contributed by atoms with Crippen LogP contribution in [0, 0.1) is 17.0 Å². The summed E-state index contributed by atoms with van der Waals surface area (Å²) in [6.07, 6.45) is 0.0963. The SMILES string of the molecule is C/C(CC(=O)Nc1cc([N+](=O)[O-])ccc1C)=N\NC(=O)Cc1ccc(-c2ccccc2)cc1. The lowest BCUT2D eigenvalue weighted by Gasteiger charge is -2.08. The Balaban J connectivity index is 1.51. The van der Waals surface area contributed by atoms with Crippen LogP contribution in [0.3, 0.4) is 0 Å². The molecule has 3 aromatic carbocycles. The molecule has 33 heavy (non-hydrogen) atoms. The quantitative estimate of drug-likeness (QED) is 0.299. The van der Waals surface area contributed by atoms with E-state index in [0.717, 1.165) is 16.7 Å². The molecule has 0 spiro atoms. The van der Waals surface area contributed by atoms with E-state index in [1.165, 1.54) is 12.1 Å². The predicted molar refractivity (Wildman–Crippen MR) is 128 cm³/mol. The van der Waals surface area contributed by atoms with Gasteiger partial charge >= 0.3 is 0 Å². The zero-order chi connectivity index (χ0) is 23.8. The molecule has 0 aliphatic rings. The van der Waals surface area contributed by atoms with Crippen LogP contribution in [0.15, 0.2) is 77.9 Å². The number of aryl methyl sites for hydroxylation is 1. The maximum absolute atomic E-state index is 12.3. The van der Waals surface area contributed by atoms with E-state index in [0.29, 0.717) is 17.0 Å². The molecule has 0 radical (unpaired) electrons. The molecule has 3 aromatic rings. The summed E-state index contributed by atoms with van der Waals surface area (Å²) in [5, 5.41) is 17.6. The molecule has 0 saturated carbocycles. The fourth-order valence-electron chi connectivity index (χ4n) is 3.15. The van der Waals surface area contributed by atoms with Crippen molar-refractivity contribution in [2.75, 3.05) is 5.32 Å². The van der Waals surface area contributed by atoms with Crippen molar-refractivity contribution in [3.05, 3.63) is 94.0 Å². The zero-order valence-electron chi connectivity index (χ0n) is 18.4. The highest BCUT2D eigenvalue weighted by Crippen LogP contribution is 2.22. The minimum Gasteiger partial charge on any atom is -0.325 e. The van der Waals surface area contributed by atoms with Gasteiger partial charge in [-0.05, 0) is 36.1 Å². The van der Waals surface area contributed by atoms with E-state index in [1.807, 2.05) is 54.6 Å². The first-order chi connectivity index (χ1) is 15.8. The van der Waals surface area contributed by atoms with Crippen LogP contribution in [0.25, 0.3) is 11.1 Å². The molecule has 0 saturated heterocycles. The lowest BCUT2D eigenvalue weighted by molar-refractivity contribution is -0.384. The molecule has 3 rings (SSSR count). The number of carbonyl (C=O) groups excluding carboxylic acids is 2. The summed E-state index contributed by atoms with van der Waals surface area (Å²) in [7, 11) is 0. The summed E-state index contributed by atoms with van der Waals surface area (Å²) in [6, 6.07) is 21.9. The Morgan fingerprint density at radius 1 is 0.939 bits per heavy atom. The lowest BCUT2D eigenvalue weighted by Crippen LogP contribution is -2.23. The number of carbonyl (C=O) groups is 2. The third-order valence-electron chi connectivity index (χ3n) is 4.92. The van der Waals surface area contributed by atoms with Crippen LogP contribution in [-0.4, -0.2) is 22.4 Å². The van der Waals surface area contributed by atoms with Gasteiger partial charge in [-0.25, -0.2) is 5.43 Å². The average molecular weight is 444 g/mol. The molecule has 8 nitrogen and oxygen atoms in total. The van der Waals surface area contributed by atoms with Crippen molar-refractivity contribution in [1.29, 1.82) is 0 Å². The highest BCUT2D eigenvalue weighted by molar-refractivity contribution is 6.06. The Morgan fingerprint density at radius 3 is 2.27 bits per heavy atom. The largest absolute Gasteiger partial charge is 0.325 e. The van der Waals surface area contributed by atoms with E-state index in [-0.39, 0.29) is 30.3 Å². The van der Waals surface area contributed by atoms with Crippen LogP contribution in [0.1, 0.15) is 24.5 Å². The second-order valence-corrected chi connectivity index (χ2v) is 7.60. The summed E-state index contributed by atoms with van der Waals surface area (Å²) in [5.74, 6) is -0.678. The number of nitrogens with one attached hydrogen (secondary N) is 2. The van der Waals surface area contributed by atoms with Gasteiger partial charge in [0, 0.05) is 17.8 Å². The van der Waals surface area contributed by atoms with Crippen molar-refractivity contribution < 1.29 is 14.5 Å². The standard InChI is InChI=1S/C25H24N4O4/c1-17-8-13-22(29(32)33)16-23(17)26-24(30)14-18(2)27-28-25(31)15-19-9-11-21(12-10-19)20-6-4-3-5-7-20/h3-13,16H,14-15H2,1-2H3,(H,26,30)(H,28,31)/b27-18+. The second-order valence-electron chi connectivity index (χ2n) is 7.60. The number of anilines is 1. The first-order valence-electron chi connectivity index (χ1n) is 10.3. The number of benzene rings is 3. The van der Waals surface area contributed by atoms with Crippen molar-refractivity contribution >= 4 is 28.9 Å². The van der Waals surface area contributed by atoms with E-state index in [2.05, 4.69) is 15.8 Å². The van der Waals surface area contributed by atoms with Crippen LogP contribution in [0.5, 0.6) is 0 Å². The third-order valence-corrected chi connectivity index (χ3v) is 4.92. The van der Waals surface area contributed by atoms with Crippen molar-refractivity contribution in [1.82, 2.24) is 5.43 Å². The van der Waals surface area contributed by atoms with Crippen molar-refractivity contribution in [2.45, 2.75) is 26.7 Å². The van der Waals surface area contributed by atoms with Gasteiger partial charge in [0.1, 0.15) is 0 Å². The number of non-ortho nitro benzene ring substituents is 1. The van der Waals surface area contributed by atoms with E-state index in [4.69, 9.17) is 0 Å². The Labute approximate surface area is 191 Å². The molecule has 0 fully saturated rings. The Morgan fingerprint density at radius 2 is 1.61 bits per heavy atom. The number of hydrazone groups is 1. The van der Waals surface area contributed by atoms with Crippen molar-refractivity contribution in [3.8, 4) is 11.1 Å². The first-order valence-corrected chi connectivity index (χ1v) is 10.3. The highest BCUT2D eigenvalue weighted by atomic mass is 16.6. The minimum absolute atomic E-state index is 0.0613. The lowest BCUT2D eigenvalue weighted by atomic mass is 10.0. The molecule has 2 N–H and O–H groups in total. The van der Waals surface area contributed by atoms with Crippen LogP contribution < -0.4 is 10.7 Å². The summed E-state index contributed by atoms with van der Waals surface area (Å²) >= 11 is 0. The maximum atomic E-state index is 12.3. The van der Waals surface area contributed by atoms with Gasteiger partial charge in [0.05, 0.1) is 23.5 Å². The second kappa shape index (κ2) is 10.8. The molecule has 0 aliphatic heterocycles. The summed E-state index contributed by atoms with van der Waals surface area (Å²) < 4.78 is 0. The number of rotatable bonds is 8. The number of hydrogen-bond acceptors (Lipinski definition) is 5. The molecule has 168 valence electrons. The zero-order valence-corrected chi connectivity index (χ0v) is 18.4. The molecule has 0 bridgehead atoms. The highest BCUT2D eigenvalue weighted by Gasteiger charge is 2.12. The minimum atomic E-state index is -0.521. The van der Waals surface area contributed by atoms with Gasteiger partial charge in [-0.2, -0.15) is 5.10 Å². The first kappa shape index (κ1) is 23.3. The van der Waals surface area contributed by atoms with Crippen LogP contribution >= 0.6 is 0 Å². The van der Waals surface area contributed by atoms with Gasteiger partial charge in [0.15, 0.2) is 0 Å². The fourth-order valence-corrected chi connectivity index (χ4v) is 3.15. The third kappa shape index (κ3) is 6.83. The Kier molecular flexibility index (Phi) is 7.64. The summed E-state index contributed by atoms with van der Waals surface area (Å²) in [4.78, 5) is 34.9. The van der Waals surface area contributed by atoms with Gasteiger partial charge in [0.2, 0.25) is 11.8 Å². The smallest absolute Gasteiger partial charge is 0.271 e. The normalized spacial score (nSPS) is 11.0. The molecular formula is C25H24N4O4. The van der Waals surface area contributed by atoms with Gasteiger partial charge in [-0.1, -0.05) is 60.7 Å². The molecule has 0 atom stereocenters. The fraction of sp³-hybridized carbons (Fsp3) is 0.160. The predicted octanol–water partition coefficient (Wildman–Crippen LogP) is 4.63. The summed E-state index contributed by atoms with van der Waals surface area (Å²) in [6.45, 7) is 3.36. The maximum Gasteiger partial charge on any atom is 0.271 e. The molecule has 0 unspecified atom stereocenters. The monoisotopic (exact) mass is 444 g/mol. The van der Waals surface area contributed by atoms with Gasteiger partial charge in [-0.3, -0.25) is 19.7 Å². The molecule has 8 heteroatoms. The molecule has 2 amide bonds. The summed E-state index contributed by atoms with van der Waals surface area (Å²) in [5.41, 5.74) is 6.85. The average Bonchev–Trinajstić information content (AvgIpc) is 2.80. The Hall–Kier alpha value is -4.33. The van der Waals surface area contributed by atoms with E-state index < -0.39 is 4.92 Å². The number of amides is 2. The Bertz CT molecular complexity index is 1190. The number of hydrogen-bond donors (Lipinski definition) is 2. The van der Waals surface area contributed by atoms with Gasteiger partial charge < -0.3 is 5.32 Å².